The van der Waals surface area contributed by atoms with E-state index in [-0.39, 0.29) is 18.6 Å². The van der Waals surface area contributed by atoms with Gasteiger partial charge in [-0.15, -0.1) is 0 Å². The van der Waals surface area contributed by atoms with E-state index in [1.54, 1.807) is 7.11 Å². The number of piperazine rings is 3. The number of nitrogens with one attached hydrogen (secondary N) is 2. The van der Waals surface area contributed by atoms with Gasteiger partial charge in [0.15, 0.2) is 11.5 Å². The maximum absolute atomic E-state index is 9.78. The smallest absolute Gasteiger partial charge is 0.231 e. The molecule has 3 N–H and O–H groups in total. The highest BCUT2D eigenvalue weighted by molar-refractivity contribution is 5.50. The third-order valence-electron chi connectivity index (χ3n) is 10.0. The van der Waals surface area contributed by atoms with Crippen LogP contribution < -0.4 is 29.7 Å². The van der Waals surface area contributed by atoms with E-state index in [1.165, 1.54) is 11.3 Å². The Bertz CT molecular complexity index is 1240. The van der Waals surface area contributed by atoms with Crippen LogP contribution in [0.15, 0.2) is 42.5 Å². The number of hydrogen-bond donors (Lipinski definition) is 3. The number of aliphatic hydroxyl groups is 1. The summed E-state index contributed by atoms with van der Waals surface area (Å²) in [5, 5.41) is 17.5. The second-order valence-electron chi connectivity index (χ2n) is 12.5. The molecule has 0 saturated carbocycles. The maximum atomic E-state index is 9.78. The molecule has 0 amide bonds. The van der Waals surface area contributed by atoms with Gasteiger partial charge in [-0.2, -0.15) is 0 Å². The molecule has 44 heavy (non-hydrogen) atoms. The molecule has 2 unspecified atom stereocenters. The summed E-state index contributed by atoms with van der Waals surface area (Å²) in [6, 6.07) is 14.9. The lowest BCUT2D eigenvalue weighted by Gasteiger charge is -2.61. The number of nitrogens with zero attached hydrogens (tertiary/aromatic N) is 6. The van der Waals surface area contributed by atoms with Gasteiger partial charge in [0, 0.05) is 97.4 Å². The largest absolute Gasteiger partial charge is 0.497 e. The van der Waals surface area contributed by atoms with Crippen molar-refractivity contribution in [3.8, 4) is 17.2 Å². The van der Waals surface area contributed by atoms with E-state index in [1.807, 2.05) is 6.07 Å². The van der Waals surface area contributed by atoms with E-state index >= 15 is 0 Å². The van der Waals surface area contributed by atoms with E-state index in [9.17, 15) is 5.11 Å². The Kier molecular flexibility index (Phi) is 9.11. The molecule has 12 nitrogen and oxygen atoms in total. The first-order valence-corrected chi connectivity index (χ1v) is 16.2. The first-order chi connectivity index (χ1) is 21.6. The third-order valence-corrected chi connectivity index (χ3v) is 10.0. The predicted octanol–water partition coefficient (Wildman–Crippen LogP) is 0.104. The maximum Gasteiger partial charge on any atom is 0.231 e. The molecule has 0 spiro atoms. The van der Waals surface area contributed by atoms with E-state index in [2.05, 4.69) is 76.4 Å². The number of hydrogen-bond acceptors (Lipinski definition) is 12. The second-order valence-corrected chi connectivity index (χ2v) is 12.5. The summed E-state index contributed by atoms with van der Waals surface area (Å²) in [5.41, 5.74) is 2.50. The summed E-state index contributed by atoms with van der Waals surface area (Å²) in [4.78, 5) is 15.6. The molecular formula is C32H48N8O4. The Morgan fingerprint density at radius 2 is 1.73 bits per heavy atom. The van der Waals surface area contributed by atoms with Crippen LogP contribution in [0.3, 0.4) is 0 Å². The average molecular weight is 609 g/mol. The van der Waals surface area contributed by atoms with Gasteiger partial charge < -0.3 is 29.5 Å². The highest BCUT2D eigenvalue weighted by atomic mass is 16.7. The highest BCUT2D eigenvalue weighted by Gasteiger charge is 2.51. The van der Waals surface area contributed by atoms with Crippen LogP contribution in [0.2, 0.25) is 0 Å². The fourth-order valence-corrected chi connectivity index (χ4v) is 7.65. The molecule has 0 aromatic heterocycles. The molecular weight excluding hydrogens is 560 g/mol. The number of β-amino-alcohol motifs (C(OH)–C–C–N with tert-alkyl or cyclic N) is 1. The van der Waals surface area contributed by atoms with Crippen molar-refractivity contribution in [3.05, 3.63) is 48.0 Å². The van der Waals surface area contributed by atoms with Crippen LogP contribution >= 0.6 is 0 Å². The number of anilines is 1. The lowest BCUT2D eigenvalue weighted by Crippen LogP contribution is -2.82. The van der Waals surface area contributed by atoms with Crippen molar-refractivity contribution in [1.29, 1.82) is 0 Å². The zero-order valence-corrected chi connectivity index (χ0v) is 26.0. The van der Waals surface area contributed by atoms with Crippen LogP contribution in [0.4, 0.5) is 5.69 Å². The summed E-state index contributed by atoms with van der Waals surface area (Å²) in [7, 11) is 1.72. The van der Waals surface area contributed by atoms with Crippen molar-refractivity contribution in [2.75, 3.05) is 117 Å². The minimum absolute atomic E-state index is 0.199. The molecule has 0 aliphatic carbocycles. The number of methoxy groups -OCH3 is 1. The summed E-state index contributed by atoms with van der Waals surface area (Å²) in [6.07, 6.45) is 0.250. The van der Waals surface area contributed by atoms with Gasteiger partial charge in [-0.1, -0.05) is 6.07 Å². The number of ether oxygens (including phenoxy) is 3. The Labute approximate surface area is 261 Å². The molecule has 4 saturated heterocycles. The molecule has 2 atom stereocenters. The van der Waals surface area contributed by atoms with Gasteiger partial charge >= 0.3 is 0 Å². The molecule has 240 valence electrons. The zero-order chi connectivity index (χ0) is 29.9. The van der Waals surface area contributed by atoms with Crippen LogP contribution in [0.25, 0.3) is 0 Å². The van der Waals surface area contributed by atoms with E-state index in [0.29, 0.717) is 6.79 Å². The number of fused-ring (bicyclic) bond motifs is 1. The van der Waals surface area contributed by atoms with E-state index in [4.69, 9.17) is 14.2 Å². The third kappa shape index (κ3) is 6.10. The fraction of sp³-hybridized carbons (Fsp3) is 0.625. The van der Waals surface area contributed by atoms with E-state index in [0.717, 1.165) is 116 Å². The van der Waals surface area contributed by atoms with Crippen LogP contribution in [0.1, 0.15) is 5.56 Å². The van der Waals surface area contributed by atoms with Gasteiger partial charge in [-0.3, -0.25) is 29.8 Å². The molecule has 7 rings (SSSR count). The standard InChI is InChI=1S/C32H48N8O4/c1-42-28-5-3-27(4-6-28)37-11-9-34-32(23-37,40-17-14-36(18-19-41)22-31(40)38-10-8-33-24-38)39-15-12-35(13-16-39)21-26-2-7-29-30(20-26)44-25-43-29/h2-7,20,31,33-34,41H,8-19,21-25H2,1H3. The lowest BCUT2D eigenvalue weighted by molar-refractivity contribution is -0.168. The fourth-order valence-electron chi connectivity index (χ4n) is 7.65. The normalized spacial score (nSPS) is 27.7. The van der Waals surface area contributed by atoms with Crippen LogP contribution in [-0.2, 0) is 6.54 Å². The minimum atomic E-state index is -0.318. The molecule has 2 aromatic rings. The quantitative estimate of drug-likeness (QED) is 0.361. The monoisotopic (exact) mass is 608 g/mol. The molecule has 0 radical (unpaired) electrons. The molecule has 0 bridgehead atoms. The van der Waals surface area contributed by atoms with Gasteiger partial charge in [0.25, 0.3) is 0 Å². The van der Waals surface area contributed by atoms with Crippen molar-refractivity contribution in [1.82, 2.24) is 35.1 Å². The molecule has 12 heteroatoms. The summed E-state index contributed by atoms with van der Waals surface area (Å²) in [6.45, 7) is 14.6. The number of benzene rings is 2. The number of rotatable bonds is 9. The Morgan fingerprint density at radius 1 is 0.909 bits per heavy atom. The molecule has 5 heterocycles. The van der Waals surface area contributed by atoms with Crippen molar-refractivity contribution >= 4 is 5.69 Å². The molecule has 5 aliphatic heterocycles. The average Bonchev–Trinajstić information content (AvgIpc) is 3.78. The van der Waals surface area contributed by atoms with Crippen molar-refractivity contribution in [3.63, 3.8) is 0 Å². The van der Waals surface area contributed by atoms with Gasteiger partial charge in [-0.05, 0) is 42.0 Å². The first kappa shape index (κ1) is 30.0. The van der Waals surface area contributed by atoms with Gasteiger partial charge in [0.1, 0.15) is 11.5 Å². The molecule has 4 fully saturated rings. The highest BCUT2D eigenvalue weighted by Crippen LogP contribution is 2.34. The Hall–Kier alpha value is -2.68. The van der Waals surface area contributed by atoms with E-state index < -0.39 is 0 Å². The van der Waals surface area contributed by atoms with Gasteiger partial charge in [-0.25, -0.2) is 0 Å². The van der Waals surface area contributed by atoms with Crippen LogP contribution in [0, 0.1) is 0 Å². The summed E-state index contributed by atoms with van der Waals surface area (Å²) >= 11 is 0. The van der Waals surface area contributed by atoms with Crippen LogP contribution in [0.5, 0.6) is 17.2 Å². The Balaban J connectivity index is 1.14. The van der Waals surface area contributed by atoms with Crippen molar-refractivity contribution in [2.24, 2.45) is 0 Å². The second kappa shape index (κ2) is 13.4. The molecule has 2 aromatic carbocycles. The predicted molar refractivity (Wildman–Crippen MR) is 169 cm³/mol. The minimum Gasteiger partial charge on any atom is -0.497 e. The zero-order valence-electron chi connectivity index (χ0n) is 26.0. The molecule has 5 aliphatic rings. The SMILES string of the molecule is COc1ccc(N2CCNC(N3CCN(Cc4ccc5c(c4)OCO5)CC3)(N3CCN(CCO)CC3N3CCNC3)C2)cc1. The first-order valence-electron chi connectivity index (χ1n) is 16.2. The van der Waals surface area contributed by atoms with Crippen molar-refractivity contribution in [2.45, 2.75) is 18.5 Å². The lowest BCUT2D eigenvalue weighted by atomic mass is 10.0. The Morgan fingerprint density at radius 3 is 2.50 bits per heavy atom. The summed E-state index contributed by atoms with van der Waals surface area (Å²) in [5.74, 6) is 2.26. The van der Waals surface area contributed by atoms with Gasteiger partial charge in [0.05, 0.1) is 26.4 Å². The number of aliphatic hydroxyl groups excluding tert-OH is 1. The summed E-state index contributed by atoms with van der Waals surface area (Å²) < 4.78 is 16.6. The van der Waals surface area contributed by atoms with Crippen LogP contribution in [-0.4, -0.2) is 154 Å². The van der Waals surface area contributed by atoms with Gasteiger partial charge in [0.2, 0.25) is 6.79 Å². The van der Waals surface area contributed by atoms with Crippen molar-refractivity contribution < 1.29 is 19.3 Å². The topological polar surface area (TPSA) is 91.4 Å².